The van der Waals surface area contributed by atoms with E-state index in [0.717, 1.165) is 56.3 Å². The molecule has 4 amide bonds. The molecular formula is C25H35N3O7. The Morgan fingerprint density at radius 1 is 1.03 bits per heavy atom. The maximum Gasteiger partial charge on any atom is 0.266 e. The van der Waals surface area contributed by atoms with E-state index < -0.39 is 30.4 Å². The van der Waals surface area contributed by atoms with Crippen LogP contribution in [0.1, 0.15) is 84.9 Å². The van der Waals surface area contributed by atoms with Gasteiger partial charge in [0.2, 0.25) is 11.8 Å². The van der Waals surface area contributed by atoms with Gasteiger partial charge in [0.05, 0.1) is 17.7 Å². The first-order valence-electron chi connectivity index (χ1n) is 12.2. The third kappa shape index (κ3) is 8.17. The second-order valence-electron chi connectivity index (χ2n) is 8.51. The van der Waals surface area contributed by atoms with Gasteiger partial charge < -0.3 is 25.7 Å². The van der Waals surface area contributed by atoms with Crippen molar-refractivity contribution >= 4 is 29.9 Å². The third-order valence-electron chi connectivity index (χ3n) is 5.90. The van der Waals surface area contributed by atoms with Crippen LogP contribution >= 0.6 is 0 Å². The second-order valence-corrected chi connectivity index (χ2v) is 8.51. The predicted octanol–water partition coefficient (Wildman–Crippen LogP) is 1.72. The number of hydrogen-bond donors (Lipinski definition) is 3. The van der Waals surface area contributed by atoms with E-state index in [4.69, 9.17) is 15.6 Å². The monoisotopic (exact) mass is 489 g/mol. The molecule has 1 aromatic carbocycles. The second kappa shape index (κ2) is 14.9. The van der Waals surface area contributed by atoms with Crippen LogP contribution in [0.15, 0.2) is 18.2 Å². The van der Waals surface area contributed by atoms with E-state index in [1.54, 1.807) is 12.1 Å². The zero-order valence-corrected chi connectivity index (χ0v) is 20.0. The fourth-order valence-electron chi connectivity index (χ4n) is 4.05. The van der Waals surface area contributed by atoms with Crippen LogP contribution in [0.4, 0.5) is 0 Å². The maximum absolute atomic E-state index is 13.0. The summed E-state index contributed by atoms with van der Waals surface area (Å²) in [6.45, 7) is 0.516. The van der Waals surface area contributed by atoms with Crippen molar-refractivity contribution in [1.29, 1.82) is 0 Å². The van der Waals surface area contributed by atoms with Crippen LogP contribution in [0.5, 0.6) is 5.75 Å². The van der Waals surface area contributed by atoms with Crippen molar-refractivity contribution in [2.24, 2.45) is 5.73 Å². The van der Waals surface area contributed by atoms with Gasteiger partial charge in [-0.15, -0.1) is 0 Å². The van der Waals surface area contributed by atoms with Gasteiger partial charge in [0.1, 0.15) is 24.7 Å². The van der Waals surface area contributed by atoms with Crippen LogP contribution in [0.2, 0.25) is 0 Å². The van der Waals surface area contributed by atoms with Crippen LogP contribution in [0.3, 0.4) is 0 Å². The average Bonchev–Trinajstić information content (AvgIpc) is 3.10. The van der Waals surface area contributed by atoms with Crippen molar-refractivity contribution in [2.45, 2.75) is 70.3 Å². The SMILES string of the molecule is NC(=O)C(CCC=O)N1C(=O)c2cccc(OCCCCCCCCCCNC(=O)CO)c2C1=O. The molecule has 0 saturated carbocycles. The van der Waals surface area contributed by atoms with Gasteiger partial charge in [0.25, 0.3) is 11.8 Å². The number of fused-ring (bicyclic) bond motifs is 1. The molecule has 1 unspecified atom stereocenters. The summed E-state index contributed by atoms with van der Waals surface area (Å²) >= 11 is 0. The van der Waals surface area contributed by atoms with E-state index in [1.807, 2.05) is 0 Å². The molecule has 1 aliphatic heterocycles. The Labute approximate surface area is 205 Å². The summed E-state index contributed by atoms with van der Waals surface area (Å²) in [5.41, 5.74) is 5.69. The quantitative estimate of drug-likeness (QED) is 0.161. The molecule has 10 heteroatoms. The Morgan fingerprint density at radius 2 is 1.69 bits per heavy atom. The van der Waals surface area contributed by atoms with E-state index in [1.165, 1.54) is 6.07 Å². The number of hydrogen-bond acceptors (Lipinski definition) is 7. The molecule has 0 bridgehead atoms. The molecule has 4 N–H and O–H groups in total. The van der Waals surface area contributed by atoms with Crippen molar-refractivity contribution in [3.63, 3.8) is 0 Å². The van der Waals surface area contributed by atoms with Crippen LogP contribution in [-0.4, -0.2) is 65.7 Å². The van der Waals surface area contributed by atoms with E-state index in [0.29, 0.717) is 25.2 Å². The minimum absolute atomic E-state index is 0.00716. The molecule has 1 heterocycles. The first-order chi connectivity index (χ1) is 16.9. The number of carbonyl (C=O) groups excluding carboxylic acids is 5. The number of unbranched alkanes of at least 4 members (excludes halogenated alkanes) is 7. The summed E-state index contributed by atoms with van der Waals surface area (Å²) in [4.78, 5) is 60.1. The normalized spacial score (nSPS) is 13.5. The molecule has 0 spiro atoms. The number of ether oxygens (including phenoxy) is 1. The fraction of sp³-hybridized carbons (Fsp3) is 0.560. The van der Waals surface area contributed by atoms with E-state index in [9.17, 15) is 24.0 Å². The van der Waals surface area contributed by atoms with Crippen LogP contribution in [0, 0.1) is 0 Å². The molecule has 10 nitrogen and oxygen atoms in total. The average molecular weight is 490 g/mol. The van der Waals surface area contributed by atoms with Crippen molar-refractivity contribution in [3.05, 3.63) is 29.3 Å². The van der Waals surface area contributed by atoms with E-state index in [2.05, 4.69) is 5.32 Å². The maximum atomic E-state index is 13.0. The standard InChI is InChI=1S/C25H35N3O7/c26-23(32)19(12-10-15-29)28-24(33)18-11-9-13-20(22(18)25(28)34)35-16-8-6-4-2-1-3-5-7-14-27-21(31)17-30/h9,11,13,15,19,30H,1-8,10,12,14,16-17H2,(H2,26,32)(H,27,31). The Morgan fingerprint density at radius 3 is 2.31 bits per heavy atom. The Balaban J connectivity index is 1.74. The smallest absolute Gasteiger partial charge is 0.266 e. The minimum Gasteiger partial charge on any atom is -0.493 e. The van der Waals surface area contributed by atoms with Gasteiger partial charge in [-0.05, 0) is 31.4 Å². The molecule has 0 saturated heterocycles. The van der Waals surface area contributed by atoms with Crippen LogP contribution < -0.4 is 15.8 Å². The lowest BCUT2D eigenvalue weighted by molar-refractivity contribution is -0.124. The van der Waals surface area contributed by atoms with Crippen LogP contribution in [-0.2, 0) is 14.4 Å². The summed E-state index contributed by atoms with van der Waals surface area (Å²) in [5, 5.41) is 11.3. The van der Waals surface area contributed by atoms with Gasteiger partial charge in [-0.25, -0.2) is 0 Å². The Bertz CT molecular complexity index is 903. The minimum atomic E-state index is -1.18. The van der Waals surface area contributed by atoms with Crippen molar-refractivity contribution < 1.29 is 33.8 Å². The lowest BCUT2D eigenvalue weighted by Crippen LogP contribution is -2.47. The first kappa shape index (κ1) is 28.0. The molecule has 0 aliphatic carbocycles. The number of aliphatic hydroxyl groups is 1. The summed E-state index contributed by atoms with van der Waals surface area (Å²) in [6.07, 6.45) is 8.66. The molecule has 0 fully saturated rings. The number of aliphatic hydroxyl groups excluding tert-OH is 1. The lowest BCUT2D eigenvalue weighted by atomic mass is 10.1. The molecule has 1 aromatic rings. The summed E-state index contributed by atoms with van der Waals surface area (Å²) in [6, 6.07) is 3.59. The highest BCUT2D eigenvalue weighted by Gasteiger charge is 2.43. The predicted molar refractivity (Wildman–Crippen MR) is 128 cm³/mol. The van der Waals surface area contributed by atoms with E-state index >= 15 is 0 Å². The molecule has 192 valence electrons. The molecular weight excluding hydrogens is 454 g/mol. The zero-order valence-electron chi connectivity index (χ0n) is 20.0. The molecule has 1 aliphatic rings. The number of nitrogens with two attached hydrogens (primary N) is 1. The number of rotatable bonds is 18. The van der Waals surface area contributed by atoms with Crippen molar-refractivity contribution in [3.8, 4) is 5.75 Å². The first-order valence-corrected chi connectivity index (χ1v) is 12.2. The summed E-state index contributed by atoms with van der Waals surface area (Å²) < 4.78 is 5.81. The molecule has 1 atom stereocenters. The third-order valence-corrected chi connectivity index (χ3v) is 5.90. The lowest BCUT2D eigenvalue weighted by Gasteiger charge is -2.22. The summed E-state index contributed by atoms with van der Waals surface area (Å²) in [7, 11) is 0. The fourth-order valence-corrected chi connectivity index (χ4v) is 4.05. The highest BCUT2D eigenvalue weighted by atomic mass is 16.5. The highest BCUT2D eigenvalue weighted by Crippen LogP contribution is 2.33. The molecule has 2 rings (SSSR count). The Hall–Kier alpha value is -3.27. The number of nitrogens with one attached hydrogen (secondary N) is 1. The number of carbonyl (C=O) groups is 5. The number of amides is 4. The van der Waals surface area contributed by atoms with E-state index in [-0.39, 0.29) is 29.9 Å². The molecule has 35 heavy (non-hydrogen) atoms. The van der Waals surface area contributed by atoms with Crippen molar-refractivity contribution in [1.82, 2.24) is 10.2 Å². The van der Waals surface area contributed by atoms with Gasteiger partial charge in [-0.2, -0.15) is 0 Å². The molecule has 0 aromatic heterocycles. The van der Waals surface area contributed by atoms with Gasteiger partial charge in [0, 0.05) is 13.0 Å². The Kier molecular flexibility index (Phi) is 11.9. The van der Waals surface area contributed by atoms with Gasteiger partial charge in [-0.1, -0.05) is 44.6 Å². The number of aldehydes is 1. The number of imide groups is 1. The van der Waals surface area contributed by atoms with Crippen LogP contribution in [0.25, 0.3) is 0 Å². The molecule has 0 radical (unpaired) electrons. The highest BCUT2D eigenvalue weighted by molar-refractivity contribution is 6.24. The summed E-state index contributed by atoms with van der Waals surface area (Å²) in [5.74, 6) is -2.12. The topological polar surface area (TPSA) is 156 Å². The van der Waals surface area contributed by atoms with Gasteiger partial charge in [0.15, 0.2) is 0 Å². The van der Waals surface area contributed by atoms with Gasteiger partial charge in [-0.3, -0.25) is 24.1 Å². The number of nitrogens with zero attached hydrogens (tertiary/aromatic N) is 1. The number of primary amides is 1. The number of benzene rings is 1. The zero-order chi connectivity index (χ0) is 25.6. The van der Waals surface area contributed by atoms with Crippen molar-refractivity contribution in [2.75, 3.05) is 19.8 Å². The van der Waals surface area contributed by atoms with Gasteiger partial charge >= 0.3 is 0 Å². The largest absolute Gasteiger partial charge is 0.493 e.